The number of benzene rings is 1. The quantitative estimate of drug-likeness (QED) is 0.407. The Bertz CT molecular complexity index is 506. The number of nitrogen functional groups attached to an aromatic ring is 1. The van der Waals surface area contributed by atoms with Gasteiger partial charge in [0.1, 0.15) is 11.4 Å². The van der Waals surface area contributed by atoms with Crippen LogP contribution in [0.3, 0.4) is 0 Å². The second-order valence-electron chi connectivity index (χ2n) is 3.37. The molecule has 1 aromatic heterocycles. The number of aromatic hydroxyl groups is 1. The number of fused-ring (bicyclic) bond motifs is 1. The van der Waals surface area contributed by atoms with Crippen LogP contribution in [0.2, 0.25) is 0 Å². The molecule has 0 spiro atoms. The number of rotatable bonds is 2. The summed E-state index contributed by atoms with van der Waals surface area (Å²) in [5.41, 5.74) is 6.96. The maximum atomic E-state index is 11.5. The van der Waals surface area contributed by atoms with Crippen LogP contribution in [0.25, 0.3) is 10.9 Å². The van der Waals surface area contributed by atoms with Crippen LogP contribution in [0.1, 0.15) is 17.4 Å². The number of anilines is 1. The summed E-state index contributed by atoms with van der Waals surface area (Å²) in [6, 6.07) is 4.63. The number of phenolic OH excluding ortho intramolecular Hbond substituents is 1. The Balaban J connectivity index is 2.55. The van der Waals surface area contributed by atoms with Gasteiger partial charge in [0.2, 0.25) is 0 Å². The number of phenols is 1. The number of hydrogen-bond donors (Lipinski definition) is 3. The fourth-order valence-corrected chi connectivity index (χ4v) is 1.54. The van der Waals surface area contributed by atoms with Crippen LogP contribution in [-0.2, 0) is 4.74 Å². The average Bonchev–Trinajstić information content (AvgIpc) is 2.70. The van der Waals surface area contributed by atoms with E-state index in [-0.39, 0.29) is 11.4 Å². The summed E-state index contributed by atoms with van der Waals surface area (Å²) in [5, 5.41) is 10.2. The number of carbonyl (C=O) groups excluding carboxylic acids is 1. The van der Waals surface area contributed by atoms with E-state index in [0.717, 1.165) is 0 Å². The highest BCUT2D eigenvalue weighted by molar-refractivity contribution is 6.01. The number of H-pyrrole nitrogens is 1. The lowest BCUT2D eigenvalue weighted by atomic mass is 10.2. The van der Waals surface area contributed by atoms with Gasteiger partial charge >= 0.3 is 5.97 Å². The van der Waals surface area contributed by atoms with Gasteiger partial charge in [-0.1, -0.05) is 0 Å². The van der Waals surface area contributed by atoms with Gasteiger partial charge < -0.3 is 20.6 Å². The van der Waals surface area contributed by atoms with E-state index in [2.05, 4.69) is 4.98 Å². The van der Waals surface area contributed by atoms with E-state index in [1.165, 1.54) is 6.07 Å². The van der Waals surface area contributed by atoms with Crippen molar-refractivity contribution in [2.75, 3.05) is 12.3 Å². The third-order valence-electron chi connectivity index (χ3n) is 2.30. The summed E-state index contributed by atoms with van der Waals surface area (Å²) >= 11 is 0. The number of aromatic amines is 1. The first-order valence-electron chi connectivity index (χ1n) is 4.90. The molecule has 0 amide bonds. The minimum Gasteiger partial charge on any atom is -0.506 e. The lowest BCUT2D eigenvalue weighted by Gasteiger charge is -1.97. The van der Waals surface area contributed by atoms with E-state index in [1.54, 1.807) is 19.1 Å². The molecule has 1 aromatic carbocycles. The summed E-state index contributed by atoms with van der Waals surface area (Å²) < 4.78 is 4.84. The first kappa shape index (κ1) is 10.4. The van der Waals surface area contributed by atoms with Crippen molar-refractivity contribution < 1.29 is 14.6 Å². The van der Waals surface area contributed by atoms with Gasteiger partial charge in [0.15, 0.2) is 0 Å². The first-order chi connectivity index (χ1) is 7.63. The summed E-state index contributed by atoms with van der Waals surface area (Å²) in [4.78, 5) is 14.2. The minimum atomic E-state index is -0.461. The molecule has 16 heavy (non-hydrogen) atoms. The van der Waals surface area contributed by atoms with Gasteiger partial charge in [-0.2, -0.15) is 0 Å². The lowest BCUT2D eigenvalue weighted by molar-refractivity contribution is 0.0520. The molecule has 0 aliphatic carbocycles. The second-order valence-corrected chi connectivity index (χ2v) is 3.37. The molecule has 5 nitrogen and oxygen atoms in total. The van der Waals surface area contributed by atoms with Crippen molar-refractivity contribution in [1.29, 1.82) is 0 Å². The molecule has 4 N–H and O–H groups in total. The molecule has 2 rings (SSSR count). The van der Waals surface area contributed by atoms with Gasteiger partial charge in [0.05, 0.1) is 12.1 Å². The van der Waals surface area contributed by atoms with E-state index >= 15 is 0 Å². The summed E-state index contributed by atoms with van der Waals surface area (Å²) in [7, 11) is 0. The van der Waals surface area contributed by atoms with Crippen molar-refractivity contribution in [2.45, 2.75) is 6.92 Å². The van der Waals surface area contributed by atoms with Crippen molar-refractivity contribution in [2.24, 2.45) is 0 Å². The summed E-state index contributed by atoms with van der Waals surface area (Å²) in [5.74, 6) is -0.405. The molecule has 0 radical (unpaired) electrons. The highest BCUT2D eigenvalue weighted by Gasteiger charge is 2.13. The molecule has 5 heteroatoms. The molecule has 0 bridgehead atoms. The van der Waals surface area contributed by atoms with E-state index in [1.807, 2.05) is 0 Å². The molecule has 84 valence electrons. The number of nitrogens with two attached hydrogens (primary N) is 1. The zero-order valence-electron chi connectivity index (χ0n) is 8.78. The van der Waals surface area contributed by atoms with Gasteiger partial charge in [0, 0.05) is 11.1 Å². The molecular weight excluding hydrogens is 208 g/mol. The predicted molar refractivity (Wildman–Crippen MR) is 60.3 cm³/mol. The SMILES string of the molecule is CCOC(=O)c1cc2c(N)ccc(O)c2[nH]1. The Morgan fingerprint density at radius 1 is 1.56 bits per heavy atom. The van der Waals surface area contributed by atoms with Gasteiger partial charge in [-0.05, 0) is 25.1 Å². The number of ether oxygens (including phenoxy) is 1. The van der Waals surface area contributed by atoms with E-state index in [0.29, 0.717) is 23.2 Å². The Morgan fingerprint density at radius 3 is 2.94 bits per heavy atom. The third kappa shape index (κ3) is 1.56. The van der Waals surface area contributed by atoms with Crippen LogP contribution in [0.4, 0.5) is 5.69 Å². The summed E-state index contributed by atoms with van der Waals surface area (Å²) in [6.45, 7) is 2.03. The molecule has 0 unspecified atom stereocenters. The minimum absolute atomic E-state index is 0.0553. The van der Waals surface area contributed by atoms with Gasteiger partial charge in [0.25, 0.3) is 0 Å². The topological polar surface area (TPSA) is 88.3 Å². The van der Waals surface area contributed by atoms with Crippen LogP contribution in [-0.4, -0.2) is 22.7 Å². The largest absolute Gasteiger partial charge is 0.506 e. The van der Waals surface area contributed by atoms with Crippen molar-refractivity contribution in [3.8, 4) is 5.75 Å². The zero-order chi connectivity index (χ0) is 11.7. The lowest BCUT2D eigenvalue weighted by Crippen LogP contribution is -2.04. The zero-order valence-corrected chi connectivity index (χ0v) is 8.78. The van der Waals surface area contributed by atoms with E-state index in [9.17, 15) is 9.90 Å². The van der Waals surface area contributed by atoms with Crippen LogP contribution >= 0.6 is 0 Å². The first-order valence-corrected chi connectivity index (χ1v) is 4.90. The van der Waals surface area contributed by atoms with E-state index in [4.69, 9.17) is 10.5 Å². The molecule has 0 aliphatic heterocycles. The van der Waals surface area contributed by atoms with Gasteiger partial charge in [-0.25, -0.2) is 4.79 Å². The fraction of sp³-hybridized carbons (Fsp3) is 0.182. The number of esters is 1. The van der Waals surface area contributed by atoms with Crippen molar-refractivity contribution in [3.63, 3.8) is 0 Å². The van der Waals surface area contributed by atoms with Crippen molar-refractivity contribution in [3.05, 3.63) is 23.9 Å². The average molecular weight is 220 g/mol. The van der Waals surface area contributed by atoms with Gasteiger partial charge in [-0.15, -0.1) is 0 Å². The van der Waals surface area contributed by atoms with Crippen LogP contribution in [0.15, 0.2) is 18.2 Å². The third-order valence-corrected chi connectivity index (χ3v) is 2.30. The molecule has 0 atom stereocenters. The number of carbonyl (C=O) groups is 1. The molecule has 0 saturated carbocycles. The summed E-state index contributed by atoms with van der Waals surface area (Å²) in [6.07, 6.45) is 0. The number of hydrogen-bond acceptors (Lipinski definition) is 4. The maximum Gasteiger partial charge on any atom is 0.354 e. The highest BCUT2D eigenvalue weighted by atomic mass is 16.5. The van der Waals surface area contributed by atoms with Gasteiger partial charge in [-0.3, -0.25) is 0 Å². The molecular formula is C11H12N2O3. The molecule has 0 saturated heterocycles. The Hall–Kier alpha value is -2.17. The molecule has 0 aliphatic rings. The molecule has 2 aromatic rings. The van der Waals surface area contributed by atoms with Crippen molar-refractivity contribution >= 4 is 22.6 Å². The monoisotopic (exact) mass is 220 g/mol. The number of aromatic nitrogens is 1. The van der Waals surface area contributed by atoms with Crippen molar-refractivity contribution in [1.82, 2.24) is 4.98 Å². The Labute approximate surface area is 91.8 Å². The fourth-order valence-electron chi connectivity index (χ4n) is 1.54. The van der Waals surface area contributed by atoms with Crippen LogP contribution < -0.4 is 5.73 Å². The normalized spacial score (nSPS) is 10.6. The smallest absolute Gasteiger partial charge is 0.354 e. The molecule has 0 fully saturated rings. The Morgan fingerprint density at radius 2 is 2.31 bits per heavy atom. The standard InChI is InChI=1S/C11H12N2O3/c1-2-16-11(15)8-5-6-7(12)3-4-9(14)10(6)13-8/h3-5,13-14H,2,12H2,1H3. The highest BCUT2D eigenvalue weighted by Crippen LogP contribution is 2.29. The maximum absolute atomic E-state index is 11.5. The number of nitrogens with one attached hydrogen (secondary N) is 1. The van der Waals surface area contributed by atoms with E-state index < -0.39 is 5.97 Å². The van der Waals surface area contributed by atoms with Crippen LogP contribution in [0, 0.1) is 0 Å². The second kappa shape index (κ2) is 3.77. The molecule has 1 heterocycles. The predicted octanol–water partition coefficient (Wildman–Crippen LogP) is 1.63. The Kier molecular flexibility index (Phi) is 2.44. The van der Waals surface area contributed by atoms with Crippen LogP contribution in [0.5, 0.6) is 5.75 Å².